The molecule has 0 radical (unpaired) electrons. The zero-order valence-corrected chi connectivity index (χ0v) is 13.5. The summed E-state index contributed by atoms with van der Waals surface area (Å²) >= 11 is 7.46. The lowest BCUT2D eigenvalue weighted by Gasteiger charge is -2.19. The number of anilines is 1. The summed E-state index contributed by atoms with van der Waals surface area (Å²) in [4.78, 5) is 14.9. The summed E-state index contributed by atoms with van der Waals surface area (Å²) in [6, 6.07) is 15.1. The van der Waals surface area contributed by atoms with Gasteiger partial charge in [0.15, 0.2) is 0 Å². The first-order valence-electron chi connectivity index (χ1n) is 6.49. The quantitative estimate of drug-likeness (QED) is 0.826. The Hall–Kier alpha value is -1.65. The largest absolute Gasteiger partial charge is 0.323 e. The molecule has 3 nitrogen and oxygen atoms in total. The average Bonchev–Trinajstić information content (AvgIpc) is 2.50. The molecule has 2 rings (SSSR count). The Morgan fingerprint density at radius 1 is 1.19 bits per heavy atom. The highest BCUT2D eigenvalue weighted by Gasteiger charge is 2.11. The van der Waals surface area contributed by atoms with Gasteiger partial charge in [0.2, 0.25) is 0 Å². The van der Waals surface area contributed by atoms with Crippen molar-refractivity contribution in [2.45, 2.75) is 11.4 Å². The van der Waals surface area contributed by atoms with Crippen LogP contribution in [0.4, 0.5) is 10.5 Å². The number of rotatable bonds is 4. The summed E-state index contributed by atoms with van der Waals surface area (Å²) in [6.45, 7) is 0.532. The van der Waals surface area contributed by atoms with E-state index in [0.29, 0.717) is 11.6 Å². The molecule has 0 aliphatic heterocycles. The van der Waals surface area contributed by atoms with E-state index in [1.165, 1.54) is 0 Å². The number of carbonyl (C=O) groups excluding carboxylic acids is 1. The molecular formula is C16H17ClN2OS. The molecule has 2 amide bonds. The third-order valence-corrected chi connectivity index (χ3v) is 4.08. The van der Waals surface area contributed by atoms with Crippen LogP contribution in [-0.2, 0) is 6.54 Å². The highest BCUT2D eigenvalue weighted by atomic mass is 35.5. The van der Waals surface area contributed by atoms with Gasteiger partial charge in [0, 0.05) is 23.5 Å². The van der Waals surface area contributed by atoms with Crippen LogP contribution in [0.2, 0.25) is 5.02 Å². The molecule has 0 aromatic heterocycles. The monoisotopic (exact) mass is 320 g/mol. The van der Waals surface area contributed by atoms with Crippen LogP contribution in [0, 0.1) is 0 Å². The molecule has 0 aliphatic rings. The highest BCUT2D eigenvalue weighted by Crippen LogP contribution is 2.24. The number of hydrogen-bond donors (Lipinski definition) is 1. The normalized spacial score (nSPS) is 10.2. The molecule has 5 heteroatoms. The topological polar surface area (TPSA) is 32.3 Å². The Balaban J connectivity index is 2.01. The molecule has 0 atom stereocenters. The summed E-state index contributed by atoms with van der Waals surface area (Å²) in [5.41, 5.74) is 1.87. The van der Waals surface area contributed by atoms with E-state index in [2.05, 4.69) is 5.32 Å². The summed E-state index contributed by atoms with van der Waals surface area (Å²) in [7, 11) is 1.77. The van der Waals surface area contributed by atoms with Crippen molar-refractivity contribution in [1.82, 2.24) is 4.90 Å². The predicted octanol–water partition coefficient (Wildman–Crippen LogP) is 4.73. The molecule has 0 saturated heterocycles. The number of para-hydroxylation sites is 1. The average molecular weight is 321 g/mol. The van der Waals surface area contributed by atoms with E-state index in [-0.39, 0.29) is 6.03 Å². The molecule has 110 valence electrons. The zero-order valence-electron chi connectivity index (χ0n) is 12.0. The van der Waals surface area contributed by atoms with Gasteiger partial charge in [-0.3, -0.25) is 0 Å². The van der Waals surface area contributed by atoms with Crippen molar-refractivity contribution in [3.8, 4) is 0 Å². The lowest BCUT2D eigenvalue weighted by atomic mass is 10.2. The second kappa shape index (κ2) is 7.38. The minimum Gasteiger partial charge on any atom is -0.323 e. The SMILES string of the molecule is CSc1ccccc1NC(=O)N(C)Cc1ccc(Cl)cc1. The lowest BCUT2D eigenvalue weighted by Crippen LogP contribution is -2.30. The van der Waals surface area contributed by atoms with Crippen LogP contribution < -0.4 is 5.32 Å². The Morgan fingerprint density at radius 2 is 1.86 bits per heavy atom. The molecule has 1 N–H and O–H groups in total. The van der Waals surface area contributed by atoms with Gasteiger partial charge in [-0.25, -0.2) is 4.79 Å². The molecule has 0 saturated carbocycles. The summed E-state index contributed by atoms with van der Waals surface area (Å²) < 4.78 is 0. The molecule has 0 fully saturated rings. The first kappa shape index (κ1) is 15.7. The van der Waals surface area contributed by atoms with Crippen LogP contribution >= 0.6 is 23.4 Å². The summed E-state index contributed by atoms with van der Waals surface area (Å²) in [5.74, 6) is 0. The van der Waals surface area contributed by atoms with Gasteiger partial charge in [-0.2, -0.15) is 0 Å². The van der Waals surface area contributed by atoms with Gasteiger partial charge in [-0.05, 0) is 36.1 Å². The van der Waals surface area contributed by atoms with Crippen LogP contribution in [0.5, 0.6) is 0 Å². The Morgan fingerprint density at radius 3 is 2.52 bits per heavy atom. The van der Waals surface area contributed by atoms with Crippen LogP contribution in [0.15, 0.2) is 53.4 Å². The van der Waals surface area contributed by atoms with E-state index < -0.39 is 0 Å². The van der Waals surface area contributed by atoms with Crippen molar-refractivity contribution in [2.75, 3.05) is 18.6 Å². The number of urea groups is 1. The first-order valence-corrected chi connectivity index (χ1v) is 8.10. The predicted molar refractivity (Wildman–Crippen MR) is 90.2 cm³/mol. The number of hydrogen-bond acceptors (Lipinski definition) is 2. The fourth-order valence-corrected chi connectivity index (χ4v) is 2.57. The smallest absolute Gasteiger partial charge is 0.321 e. The van der Waals surface area contributed by atoms with E-state index >= 15 is 0 Å². The third-order valence-electron chi connectivity index (χ3n) is 3.03. The molecule has 21 heavy (non-hydrogen) atoms. The van der Waals surface area contributed by atoms with Gasteiger partial charge in [0.25, 0.3) is 0 Å². The van der Waals surface area contributed by atoms with Crippen molar-refractivity contribution in [3.63, 3.8) is 0 Å². The van der Waals surface area contributed by atoms with Crippen LogP contribution in [0.3, 0.4) is 0 Å². The second-order valence-electron chi connectivity index (χ2n) is 4.61. The fourth-order valence-electron chi connectivity index (χ4n) is 1.89. The standard InChI is InChI=1S/C16H17ClN2OS/c1-19(11-12-7-9-13(17)10-8-12)16(20)18-14-5-3-4-6-15(14)21-2/h3-10H,11H2,1-2H3,(H,18,20). The number of nitrogens with zero attached hydrogens (tertiary/aromatic N) is 1. The minimum absolute atomic E-state index is 0.133. The van der Waals surface area contributed by atoms with Crippen LogP contribution in [0.25, 0.3) is 0 Å². The van der Waals surface area contributed by atoms with Gasteiger partial charge >= 0.3 is 6.03 Å². The zero-order chi connectivity index (χ0) is 15.2. The maximum absolute atomic E-state index is 12.2. The minimum atomic E-state index is -0.133. The van der Waals surface area contributed by atoms with Crippen molar-refractivity contribution < 1.29 is 4.79 Å². The molecule has 0 unspecified atom stereocenters. The van der Waals surface area contributed by atoms with Crippen LogP contribution in [0.1, 0.15) is 5.56 Å². The Bertz CT molecular complexity index is 616. The van der Waals surface area contributed by atoms with Crippen molar-refractivity contribution in [3.05, 3.63) is 59.1 Å². The van der Waals surface area contributed by atoms with E-state index in [1.54, 1.807) is 23.7 Å². The molecule has 0 heterocycles. The Kier molecular flexibility index (Phi) is 5.53. The molecular weight excluding hydrogens is 304 g/mol. The third kappa shape index (κ3) is 4.41. The number of carbonyl (C=O) groups is 1. The van der Waals surface area contributed by atoms with Gasteiger partial charge in [-0.1, -0.05) is 35.9 Å². The second-order valence-corrected chi connectivity index (χ2v) is 5.90. The van der Waals surface area contributed by atoms with Crippen molar-refractivity contribution >= 4 is 35.1 Å². The van der Waals surface area contributed by atoms with E-state index in [4.69, 9.17) is 11.6 Å². The van der Waals surface area contributed by atoms with E-state index in [0.717, 1.165) is 16.1 Å². The van der Waals surface area contributed by atoms with Gasteiger partial charge in [0.05, 0.1) is 5.69 Å². The molecule has 2 aromatic carbocycles. The van der Waals surface area contributed by atoms with Gasteiger partial charge in [0.1, 0.15) is 0 Å². The number of amides is 2. The first-order chi connectivity index (χ1) is 10.1. The fraction of sp³-hybridized carbons (Fsp3) is 0.188. The number of thioether (sulfide) groups is 1. The van der Waals surface area contributed by atoms with E-state index in [9.17, 15) is 4.79 Å². The summed E-state index contributed by atoms with van der Waals surface area (Å²) in [6.07, 6.45) is 1.99. The number of benzene rings is 2. The molecule has 0 aliphatic carbocycles. The molecule has 0 spiro atoms. The highest BCUT2D eigenvalue weighted by molar-refractivity contribution is 7.98. The summed E-state index contributed by atoms with van der Waals surface area (Å²) in [5, 5.41) is 3.63. The lowest BCUT2D eigenvalue weighted by molar-refractivity contribution is 0.220. The molecule has 2 aromatic rings. The number of nitrogens with one attached hydrogen (secondary N) is 1. The van der Waals surface area contributed by atoms with Gasteiger partial charge in [-0.15, -0.1) is 11.8 Å². The van der Waals surface area contributed by atoms with Crippen molar-refractivity contribution in [1.29, 1.82) is 0 Å². The Labute approximate surface area is 134 Å². The number of halogens is 1. The maximum Gasteiger partial charge on any atom is 0.321 e. The van der Waals surface area contributed by atoms with Crippen LogP contribution in [-0.4, -0.2) is 24.2 Å². The van der Waals surface area contributed by atoms with Crippen molar-refractivity contribution in [2.24, 2.45) is 0 Å². The maximum atomic E-state index is 12.2. The molecule has 0 bridgehead atoms. The van der Waals surface area contributed by atoms with E-state index in [1.807, 2.05) is 54.8 Å². The van der Waals surface area contributed by atoms with Gasteiger partial charge < -0.3 is 10.2 Å².